The standard InChI is InChI=1S/C15H8F3N5S/c16-15(17,18)14-22-21-12-13(24-9-5-7-19-8-6-9)20-10-3-1-2-4-11(10)23(12)14/h1-8H. The summed E-state index contributed by atoms with van der Waals surface area (Å²) in [6.07, 6.45) is -1.40. The summed E-state index contributed by atoms with van der Waals surface area (Å²) in [6, 6.07) is 10.1. The molecule has 0 saturated heterocycles. The number of hydrogen-bond acceptors (Lipinski definition) is 5. The fraction of sp³-hybridized carbons (Fsp3) is 0.0667. The van der Waals surface area contributed by atoms with Crippen LogP contribution in [-0.2, 0) is 6.18 Å². The first-order valence-corrected chi connectivity index (χ1v) is 7.64. The number of pyridine rings is 1. The van der Waals surface area contributed by atoms with Crippen LogP contribution in [0.5, 0.6) is 0 Å². The Morgan fingerprint density at radius 3 is 2.46 bits per heavy atom. The predicted octanol–water partition coefficient (Wildman–Crippen LogP) is 3.84. The summed E-state index contributed by atoms with van der Waals surface area (Å²) in [5.41, 5.74) is 0.818. The molecule has 0 spiro atoms. The van der Waals surface area contributed by atoms with E-state index in [0.29, 0.717) is 16.1 Å². The Morgan fingerprint density at radius 1 is 0.958 bits per heavy atom. The SMILES string of the molecule is FC(F)(F)c1nnc2c(Sc3ccncc3)nc3ccccc3n12. The van der Waals surface area contributed by atoms with Crippen LogP contribution in [0.2, 0.25) is 0 Å². The molecular weight excluding hydrogens is 339 g/mol. The van der Waals surface area contributed by atoms with E-state index in [9.17, 15) is 13.2 Å². The van der Waals surface area contributed by atoms with Crippen LogP contribution in [0.1, 0.15) is 5.82 Å². The van der Waals surface area contributed by atoms with Gasteiger partial charge in [0.15, 0.2) is 5.65 Å². The van der Waals surface area contributed by atoms with Gasteiger partial charge >= 0.3 is 6.18 Å². The molecular formula is C15H8F3N5S. The first-order chi connectivity index (χ1) is 11.5. The molecule has 3 heterocycles. The molecule has 4 aromatic rings. The van der Waals surface area contributed by atoms with Gasteiger partial charge in [0.2, 0.25) is 5.82 Å². The van der Waals surface area contributed by atoms with Crippen molar-refractivity contribution < 1.29 is 13.2 Å². The topological polar surface area (TPSA) is 56.0 Å². The molecule has 120 valence electrons. The van der Waals surface area contributed by atoms with E-state index in [-0.39, 0.29) is 5.65 Å². The molecule has 24 heavy (non-hydrogen) atoms. The average molecular weight is 347 g/mol. The third-order valence-corrected chi connectivity index (χ3v) is 4.29. The Balaban J connectivity index is 2.02. The lowest BCUT2D eigenvalue weighted by Crippen LogP contribution is -2.11. The number of nitrogens with zero attached hydrogens (tertiary/aromatic N) is 5. The Bertz CT molecular complexity index is 1030. The van der Waals surface area contributed by atoms with Gasteiger partial charge in [-0.1, -0.05) is 23.9 Å². The molecule has 0 atom stereocenters. The smallest absolute Gasteiger partial charge is 0.267 e. The minimum absolute atomic E-state index is 0.0721. The molecule has 0 unspecified atom stereocenters. The van der Waals surface area contributed by atoms with Crippen molar-refractivity contribution in [2.45, 2.75) is 16.1 Å². The van der Waals surface area contributed by atoms with Crippen LogP contribution in [0.25, 0.3) is 16.7 Å². The Kier molecular flexibility index (Phi) is 3.38. The number of rotatable bonds is 2. The fourth-order valence-electron chi connectivity index (χ4n) is 2.33. The van der Waals surface area contributed by atoms with Gasteiger partial charge in [0.1, 0.15) is 5.03 Å². The highest BCUT2D eigenvalue weighted by Gasteiger charge is 2.38. The van der Waals surface area contributed by atoms with Gasteiger partial charge in [-0.2, -0.15) is 13.2 Å². The highest BCUT2D eigenvalue weighted by Crippen LogP contribution is 2.34. The molecule has 3 aromatic heterocycles. The highest BCUT2D eigenvalue weighted by atomic mass is 32.2. The molecule has 0 aliphatic carbocycles. The largest absolute Gasteiger partial charge is 0.452 e. The quantitative estimate of drug-likeness (QED) is 0.551. The second-order valence-electron chi connectivity index (χ2n) is 4.87. The lowest BCUT2D eigenvalue weighted by molar-refractivity contribution is -0.145. The average Bonchev–Trinajstić information content (AvgIpc) is 3.02. The molecule has 4 rings (SSSR count). The van der Waals surface area contributed by atoms with Gasteiger partial charge in [0.05, 0.1) is 11.0 Å². The van der Waals surface area contributed by atoms with E-state index in [1.54, 1.807) is 48.8 Å². The molecule has 9 heteroatoms. The summed E-state index contributed by atoms with van der Waals surface area (Å²) in [4.78, 5) is 9.16. The molecule has 1 aromatic carbocycles. The van der Waals surface area contributed by atoms with Gasteiger partial charge in [-0.15, -0.1) is 10.2 Å². The first-order valence-electron chi connectivity index (χ1n) is 6.83. The van der Waals surface area contributed by atoms with Crippen molar-refractivity contribution in [1.29, 1.82) is 0 Å². The molecule has 0 saturated carbocycles. The van der Waals surface area contributed by atoms with Crippen LogP contribution < -0.4 is 0 Å². The summed E-state index contributed by atoms with van der Waals surface area (Å²) in [5, 5.41) is 7.42. The van der Waals surface area contributed by atoms with Crippen molar-refractivity contribution in [3.05, 3.63) is 54.6 Å². The zero-order chi connectivity index (χ0) is 16.7. The van der Waals surface area contributed by atoms with Crippen molar-refractivity contribution in [1.82, 2.24) is 24.6 Å². The Labute approximate surface area is 137 Å². The number of fused-ring (bicyclic) bond motifs is 3. The van der Waals surface area contributed by atoms with Gasteiger partial charge in [0.25, 0.3) is 0 Å². The predicted molar refractivity (Wildman–Crippen MR) is 81.7 cm³/mol. The molecule has 0 aliphatic heterocycles. The number of halogens is 3. The number of para-hydroxylation sites is 2. The van der Waals surface area contributed by atoms with Crippen LogP contribution in [0.15, 0.2) is 58.7 Å². The summed E-state index contributed by atoms with van der Waals surface area (Å²) < 4.78 is 40.8. The molecule has 0 radical (unpaired) electrons. The van der Waals surface area contributed by atoms with E-state index in [1.807, 2.05) is 0 Å². The van der Waals surface area contributed by atoms with Gasteiger partial charge in [-0.3, -0.25) is 9.38 Å². The second-order valence-corrected chi connectivity index (χ2v) is 5.93. The van der Waals surface area contributed by atoms with E-state index in [2.05, 4.69) is 20.2 Å². The summed E-state index contributed by atoms with van der Waals surface area (Å²) in [7, 11) is 0. The number of aromatic nitrogens is 5. The van der Waals surface area contributed by atoms with E-state index >= 15 is 0 Å². The molecule has 0 amide bonds. The minimum atomic E-state index is -4.61. The highest BCUT2D eigenvalue weighted by molar-refractivity contribution is 7.99. The van der Waals surface area contributed by atoms with E-state index < -0.39 is 12.0 Å². The normalized spacial score (nSPS) is 12.1. The lowest BCUT2D eigenvalue weighted by Gasteiger charge is -2.09. The Morgan fingerprint density at radius 2 is 1.71 bits per heavy atom. The third kappa shape index (κ3) is 2.46. The van der Waals surface area contributed by atoms with Crippen molar-refractivity contribution in [2.75, 3.05) is 0 Å². The van der Waals surface area contributed by atoms with Gasteiger partial charge in [0, 0.05) is 17.3 Å². The maximum atomic E-state index is 13.3. The minimum Gasteiger partial charge on any atom is -0.267 e. The van der Waals surface area contributed by atoms with Crippen LogP contribution in [0.4, 0.5) is 13.2 Å². The second kappa shape index (κ2) is 5.45. The van der Waals surface area contributed by atoms with Crippen molar-refractivity contribution in [2.24, 2.45) is 0 Å². The van der Waals surface area contributed by atoms with Crippen molar-refractivity contribution in [3.63, 3.8) is 0 Å². The third-order valence-electron chi connectivity index (χ3n) is 3.32. The zero-order valence-corrected chi connectivity index (χ0v) is 12.7. The van der Waals surface area contributed by atoms with Crippen LogP contribution in [0, 0.1) is 0 Å². The molecule has 0 bridgehead atoms. The van der Waals surface area contributed by atoms with Gasteiger partial charge < -0.3 is 0 Å². The van der Waals surface area contributed by atoms with E-state index in [4.69, 9.17) is 0 Å². The number of alkyl halides is 3. The van der Waals surface area contributed by atoms with E-state index in [1.165, 1.54) is 11.8 Å². The molecule has 5 nitrogen and oxygen atoms in total. The van der Waals surface area contributed by atoms with Crippen LogP contribution in [0.3, 0.4) is 0 Å². The summed E-state index contributed by atoms with van der Waals surface area (Å²) >= 11 is 1.21. The first kappa shape index (κ1) is 14.9. The maximum Gasteiger partial charge on any atom is 0.452 e. The monoisotopic (exact) mass is 347 g/mol. The summed E-state index contributed by atoms with van der Waals surface area (Å²) in [5.74, 6) is -1.06. The van der Waals surface area contributed by atoms with Gasteiger partial charge in [-0.05, 0) is 24.3 Å². The van der Waals surface area contributed by atoms with Crippen molar-refractivity contribution >= 4 is 28.4 Å². The van der Waals surface area contributed by atoms with Crippen molar-refractivity contribution in [3.8, 4) is 0 Å². The lowest BCUT2D eigenvalue weighted by atomic mass is 10.3. The number of benzene rings is 1. The fourth-order valence-corrected chi connectivity index (χ4v) is 3.18. The Hall–Kier alpha value is -2.68. The van der Waals surface area contributed by atoms with E-state index in [0.717, 1.165) is 9.30 Å². The zero-order valence-electron chi connectivity index (χ0n) is 11.9. The molecule has 0 aliphatic rings. The van der Waals surface area contributed by atoms with Crippen LogP contribution in [-0.4, -0.2) is 24.6 Å². The molecule has 0 fully saturated rings. The maximum absolute atomic E-state index is 13.3. The molecule has 0 N–H and O–H groups in total. The number of hydrogen-bond donors (Lipinski definition) is 0. The van der Waals surface area contributed by atoms with Gasteiger partial charge in [-0.25, -0.2) is 4.98 Å². The van der Waals surface area contributed by atoms with Crippen LogP contribution >= 0.6 is 11.8 Å². The summed E-state index contributed by atoms with van der Waals surface area (Å²) in [6.45, 7) is 0.